The third-order valence-electron chi connectivity index (χ3n) is 2.12. The molecule has 0 atom stereocenters. The van der Waals surface area contributed by atoms with Crippen molar-refractivity contribution in [1.82, 2.24) is 9.78 Å². The highest BCUT2D eigenvalue weighted by Gasteiger charge is 2.10. The van der Waals surface area contributed by atoms with Crippen LogP contribution in [0.5, 0.6) is 0 Å². The van der Waals surface area contributed by atoms with Crippen LogP contribution in [-0.2, 0) is 6.54 Å². The quantitative estimate of drug-likeness (QED) is 0.819. The summed E-state index contributed by atoms with van der Waals surface area (Å²) in [5, 5.41) is 3.85. The molecule has 1 aromatic carbocycles. The number of anilines is 1. The molecule has 2 N–H and O–H groups in total. The second kappa shape index (κ2) is 3.68. The summed E-state index contributed by atoms with van der Waals surface area (Å²) >= 11 is 0. The lowest BCUT2D eigenvalue weighted by atomic mass is 10.2. The second-order valence-corrected chi connectivity index (χ2v) is 3.11. The van der Waals surface area contributed by atoms with Crippen molar-refractivity contribution in [2.75, 3.05) is 5.73 Å². The van der Waals surface area contributed by atoms with E-state index in [0.717, 1.165) is 0 Å². The number of nitrogens with two attached hydrogens (primary N) is 1. The zero-order chi connectivity index (χ0) is 10.8. The summed E-state index contributed by atoms with van der Waals surface area (Å²) in [5.41, 5.74) is 5.51. The fraction of sp³-hybridized carbons (Fsp3) is 0.100. The highest BCUT2D eigenvalue weighted by Crippen LogP contribution is 2.14. The molecule has 0 aliphatic carbocycles. The van der Waals surface area contributed by atoms with E-state index in [1.54, 1.807) is 6.07 Å². The van der Waals surface area contributed by atoms with Crippen LogP contribution in [0.3, 0.4) is 0 Å². The Kier molecular flexibility index (Phi) is 2.37. The molecule has 0 aliphatic rings. The predicted octanol–water partition coefficient (Wildman–Crippen LogP) is 1.79. The summed E-state index contributed by atoms with van der Waals surface area (Å²) in [6.07, 6.45) is 1.48. The van der Waals surface area contributed by atoms with Gasteiger partial charge in [-0.25, -0.2) is 13.5 Å². The zero-order valence-electron chi connectivity index (χ0n) is 7.82. The first-order valence-electron chi connectivity index (χ1n) is 4.38. The van der Waals surface area contributed by atoms with Gasteiger partial charge >= 0.3 is 0 Å². The smallest absolute Gasteiger partial charge is 0.131 e. The molecule has 1 aromatic heterocycles. The highest BCUT2D eigenvalue weighted by atomic mass is 19.1. The molecule has 1 heterocycles. The van der Waals surface area contributed by atoms with E-state index in [4.69, 9.17) is 5.73 Å². The molecular formula is C10H9F2N3. The van der Waals surface area contributed by atoms with E-state index in [1.807, 2.05) is 0 Å². The van der Waals surface area contributed by atoms with Crippen molar-refractivity contribution in [2.24, 2.45) is 0 Å². The predicted molar refractivity (Wildman–Crippen MR) is 52.1 cm³/mol. The number of benzene rings is 1. The molecule has 0 saturated heterocycles. The van der Waals surface area contributed by atoms with E-state index >= 15 is 0 Å². The first-order valence-corrected chi connectivity index (χ1v) is 4.38. The molecule has 3 nitrogen and oxygen atoms in total. The summed E-state index contributed by atoms with van der Waals surface area (Å²) in [4.78, 5) is 0. The minimum absolute atomic E-state index is 0.00264. The van der Waals surface area contributed by atoms with Crippen LogP contribution in [0.4, 0.5) is 14.6 Å². The van der Waals surface area contributed by atoms with Gasteiger partial charge in [-0.15, -0.1) is 0 Å². The number of halogens is 2. The van der Waals surface area contributed by atoms with Crippen molar-refractivity contribution in [1.29, 1.82) is 0 Å². The maximum absolute atomic E-state index is 13.3. The van der Waals surface area contributed by atoms with E-state index in [0.29, 0.717) is 5.82 Å². The number of aromatic nitrogens is 2. The zero-order valence-corrected chi connectivity index (χ0v) is 7.82. The van der Waals surface area contributed by atoms with Crippen LogP contribution in [0, 0.1) is 11.6 Å². The number of hydrogen-bond acceptors (Lipinski definition) is 2. The Balaban J connectivity index is 2.36. The molecule has 2 aromatic rings. The van der Waals surface area contributed by atoms with E-state index in [2.05, 4.69) is 5.10 Å². The largest absolute Gasteiger partial charge is 0.384 e. The third kappa shape index (κ3) is 1.81. The summed E-state index contributed by atoms with van der Waals surface area (Å²) in [5.74, 6) is -0.813. The van der Waals surface area contributed by atoms with Gasteiger partial charge < -0.3 is 5.73 Å². The SMILES string of the molecule is Nc1ccnn1Cc1c(F)cccc1F. The Morgan fingerprint density at radius 3 is 2.40 bits per heavy atom. The van der Waals surface area contributed by atoms with Crippen LogP contribution in [0.1, 0.15) is 5.56 Å². The molecule has 0 spiro atoms. The Bertz CT molecular complexity index is 459. The van der Waals surface area contributed by atoms with Gasteiger partial charge in [0.2, 0.25) is 0 Å². The molecule has 2 rings (SSSR count). The second-order valence-electron chi connectivity index (χ2n) is 3.11. The average Bonchev–Trinajstić information content (AvgIpc) is 2.58. The lowest BCUT2D eigenvalue weighted by Gasteiger charge is -2.06. The van der Waals surface area contributed by atoms with Gasteiger partial charge in [0.25, 0.3) is 0 Å². The monoisotopic (exact) mass is 209 g/mol. The molecule has 0 saturated carbocycles. The molecule has 0 radical (unpaired) electrons. The molecule has 15 heavy (non-hydrogen) atoms. The van der Waals surface area contributed by atoms with E-state index in [-0.39, 0.29) is 12.1 Å². The van der Waals surface area contributed by atoms with Gasteiger partial charge in [0.05, 0.1) is 12.7 Å². The van der Waals surface area contributed by atoms with Gasteiger partial charge in [-0.1, -0.05) is 6.07 Å². The molecule has 5 heteroatoms. The molecule has 0 bridgehead atoms. The Morgan fingerprint density at radius 1 is 1.20 bits per heavy atom. The summed E-state index contributed by atoms with van der Waals surface area (Å²) in [6.45, 7) is -0.00264. The molecule has 78 valence electrons. The molecule has 0 amide bonds. The van der Waals surface area contributed by atoms with Crippen molar-refractivity contribution in [2.45, 2.75) is 6.54 Å². The van der Waals surface area contributed by atoms with Crippen LogP contribution in [-0.4, -0.2) is 9.78 Å². The normalized spacial score (nSPS) is 10.5. The van der Waals surface area contributed by atoms with Gasteiger partial charge in [0.15, 0.2) is 0 Å². The van der Waals surface area contributed by atoms with Crippen molar-refractivity contribution in [3.8, 4) is 0 Å². The number of rotatable bonds is 2. The van der Waals surface area contributed by atoms with Gasteiger partial charge in [0, 0.05) is 5.56 Å². The minimum atomic E-state index is -0.593. The van der Waals surface area contributed by atoms with E-state index in [9.17, 15) is 8.78 Å². The standard InChI is InChI=1S/C10H9F2N3/c11-8-2-1-3-9(12)7(8)6-15-10(13)4-5-14-15/h1-5H,6,13H2. The van der Waals surface area contributed by atoms with Crippen LogP contribution >= 0.6 is 0 Å². The number of nitrogens with zero attached hydrogens (tertiary/aromatic N) is 2. The van der Waals surface area contributed by atoms with E-state index in [1.165, 1.54) is 29.1 Å². The molecule has 0 unspecified atom stereocenters. The van der Waals surface area contributed by atoms with Crippen LogP contribution in [0.2, 0.25) is 0 Å². The van der Waals surface area contributed by atoms with Crippen LogP contribution < -0.4 is 5.73 Å². The Morgan fingerprint density at radius 2 is 1.87 bits per heavy atom. The van der Waals surface area contributed by atoms with E-state index < -0.39 is 11.6 Å². The Hall–Kier alpha value is -1.91. The van der Waals surface area contributed by atoms with Crippen molar-refractivity contribution < 1.29 is 8.78 Å². The van der Waals surface area contributed by atoms with Crippen LogP contribution in [0.25, 0.3) is 0 Å². The van der Waals surface area contributed by atoms with Crippen molar-refractivity contribution in [3.63, 3.8) is 0 Å². The third-order valence-corrected chi connectivity index (χ3v) is 2.12. The Labute approximate surface area is 85.1 Å². The fourth-order valence-corrected chi connectivity index (χ4v) is 1.31. The first kappa shape index (κ1) is 9.64. The van der Waals surface area contributed by atoms with Crippen molar-refractivity contribution >= 4 is 5.82 Å². The number of nitrogen functional groups attached to an aromatic ring is 1. The maximum Gasteiger partial charge on any atom is 0.131 e. The molecular weight excluding hydrogens is 200 g/mol. The topological polar surface area (TPSA) is 43.8 Å². The molecule has 0 aliphatic heterocycles. The minimum Gasteiger partial charge on any atom is -0.384 e. The van der Waals surface area contributed by atoms with Gasteiger partial charge in [-0.3, -0.25) is 0 Å². The lowest BCUT2D eigenvalue weighted by molar-refractivity contribution is 0.535. The fourth-order valence-electron chi connectivity index (χ4n) is 1.31. The highest BCUT2D eigenvalue weighted by molar-refractivity contribution is 5.28. The van der Waals surface area contributed by atoms with Gasteiger partial charge in [-0.05, 0) is 18.2 Å². The lowest BCUT2D eigenvalue weighted by Crippen LogP contribution is -2.08. The van der Waals surface area contributed by atoms with Crippen molar-refractivity contribution in [3.05, 3.63) is 47.7 Å². The van der Waals surface area contributed by atoms with Gasteiger partial charge in [0.1, 0.15) is 17.5 Å². The number of hydrogen-bond donors (Lipinski definition) is 1. The first-order chi connectivity index (χ1) is 7.18. The summed E-state index contributed by atoms with van der Waals surface area (Å²) in [6, 6.07) is 5.30. The van der Waals surface area contributed by atoms with Gasteiger partial charge in [-0.2, -0.15) is 5.10 Å². The van der Waals surface area contributed by atoms with Crippen LogP contribution in [0.15, 0.2) is 30.5 Å². The molecule has 0 fully saturated rings. The summed E-state index contributed by atoms with van der Waals surface area (Å²) < 4.78 is 27.8. The average molecular weight is 209 g/mol. The maximum atomic E-state index is 13.3. The summed E-state index contributed by atoms with van der Waals surface area (Å²) in [7, 11) is 0.